The minimum atomic E-state index is -5.32. The molecule has 3 rings (SSSR count). The smallest absolute Gasteiger partial charge is 0.441 e. The van der Waals surface area contributed by atoms with E-state index >= 15 is 0 Å². The van der Waals surface area contributed by atoms with Gasteiger partial charge in [-0.25, -0.2) is 4.79 Å². The van der Waals surface area contributed by atoms with E-state index in [2.05, 4.69) is 5.32 Å². The lowest BCUT2D eigenvalue weighted by molar-refractivity contribution is -0.204. The molecule has 1 atom stereocenters. The van der Waals surface area contributed by atoms with Crippen molar-refractivity contribution < 1.29 is 27.5 Å². The number of esters is 1. The Hall–Kier alpha value is -2.77. The van der Waals surface area contributed by atoms with Gasteiger partial charge in [0.05, 0.1) is 22.8 Å². The molecule has 1 aliphatic rings. The monoisotopic (exact) mass is 499 g/mol. The number of rotatable bonds is 6. The first kappa shape index (κ1) is 24.9. The highest BCUT2D eigenvalue weighted by atomic mass is 35.5. The molecule has 1 heterocycles. The minimum absolute atomic E-state index is 0.0433. The number of halogens is 4. The van der Waals surface area contributed by atoms with E-state index < -0.39 is 23.7 Å². The van der Waals surface area contributed by atoms with Crippen LogP contribution in [0.4, 0.5) is 18.2 Å². The van der Waals surface area contributed by atoms with Gasteiger partial charge in [0.25, 0.3) is 5.91 Å². The third kappa shape index (κ3) is 4.94. The van der Waals surface area contributed by atoms with Gasteiger partial charge < -0.3 is 15.4 Å². The second-order valence-corrected chi connectivity index (χ2v) is 8.92. The van der Waals surface area contributed by atoms with Crippen LogP contribution < -0.4 is 10.6 Å². The average Bonchev–Trinajstić information content (AvgIpc) is 2.91. The largest absolute Gasteiger partial charge is 0.463 e. The maximum atomic E-state index is 14.5. The Morgan fingerprint density at radius 3 is 2.55 bits per heavy atom. The number of carbonyl (C=O) groups excluding carboxylic acids is 2. The molecule has 0 fully saturated rings. The Bertz CT molecular complexity index is 1100. The first-order valence-corrected chi connectivity index (χ1v) is 11.5. The Morgan fingerprint density at radius 2 is 1.91 bits per heavy atom. The first-order chi connectivity index (χ1) is 15.6. The average molecular weight is 500 g/mol. The number of carbonyl (C=O) groups is 2. The molecule has 176 valence electrons. The zero-order chi connectivity index (χ0) is 24.2. The van der Waals surface area contributed by atoms with Crippen LogP contribution in [0.2, 0.25) is 5.02 Å². The van der Waals surface area contributed by atoms with Crippen LogP contribution in [0, 0.1) is 11.3 Å². The van der Waals surface area contributed by atoms with E-state index in [0.29, 0.717) is 18.4 Å². The second kappa shape index (κ2) is 10.0. The fourth-order valence-corrected chi connectivity index (χ4v) is 5.15. The van der Waals surface area contributed by atoms with Gasteiger partial charge in [-0.2, -0.15) is 18.4 Å². The van der Waals surface area contributed by atoms with Crippen molar-refractivity contribution in [3.63, 3.8) is 0 Å². The number of fused-ring (bicyclic) bond motifs is 1. The number of nitriles is 1. The van der Waals surface area contributed by atoms with Crippen LogP contribution in [0.3, 0.4) is 0 Å². The Labute approximate surface area is 197 Å². The Kier molecular flexibility index (Phi) is 7.55. The number of amides is 1. The molecule has 0 unspecified atom stereocenters. The van der Waals surface area contributed by atoms with Crippen molar-refractivity contribution in [3.8, 4) is 6.07 Å². The third-order valence-corrected chi connectivity index (χ3v) is 6.80. The molecule has 0 radical (unpaired) electrons. The number of hydrogen-bond acceptors (Lipinski definition) is 6. The Morgan fingerprint density at radius 1 is 1.21 bits per heavy atom. The lowest BCUT2D eigenvalue weighted by Crippen LogP contribution is -2.69. The van der Waals surface area contributed by atoms with Crippen LogP contribution in [-0.2, 0) is 22.4 Å². The van der Waals surface area contributed by atoms with Crippen LogP contribution in [0.25, 0.3) is 0 Å². The number of alkyl halides is 3. The molecule has 2 N–H and O–H groups in total. The van der Waals surface area contributed by atoms with Crippen LogP contribution in [0.5, 0.6) is 0 Å². The first-order valence-electron chi connectivity index (χ1n) is 10.3. The fourth-order valence-electron chi connectivity index (χ4n) is 3.63. The van der Waals surface area contributed by atoms with Crippen molar-refractivity contribution >= 4 is 39.8 Å². The maximum absolute atomic E-state index is 14.5. The molecule has 11 heteroatoms. The quantitative estimate of drug-likeness (QED) is 0.323. The van der Waals surface area contributed by atoms with Gasteiger partial charge in [0.1, 0.15) is 11.1 Å². The number of ether oxygens (including phenoxy) is 1. The fraction of sp³-hybridized carbons (Fsp3) is 0.409. The highest BCUT2D eigenvalue weighted by molar-refractivity contribution is 7.16. The highest BCUT2D eigenvalue weighted by Crippen LogP contribution is 2.41. The lowest BCUT2D eigenvalue weighted by atomic mass is 10.0. The van der Waals surface area contributed by atoms with Gasteiger partial charge >= 0.3 is 17.8 Å². The topological polar surface area (TPSA) is 91.2 Å². The zero-order valence-corrected chi connectivity index (χ0v) is 19.2. The predicted octanol–water partition coefficient (Wildman–Crippen LogP) is 5.21. The molecule has 1 aromatic carbocycles. The van der Waals surface area contributed by atoms with E-state index in [1.165, 1.54) is 31.2 Å². The van der Waals surface area contributed by atoms with Gasteiger partial charge in [-0.1, -0.05) is 30.2 Å². The molecule has 33 heavy (non-hydrogen) atoms. The molecule has 0 saturated carbocycles. The number of thiophene rings is 1. The maximum Gasteiger partial charge on any atom is 0.441 e. The molecule has 0 spiro atoms. The molecular weight excluding hydrogens is 479 g/mol. The summed E-state index contributed by atoms with van der Waals surface area (Å²) in [7, 11) is 0. The summed E-state index contributed by atoms with van der Waals surface area (Å²) in [6.07, 6.45) is -1.52. The van der Waals surface area contributed by atoms with Crippen LogP contribution in [-0.4, -0.2) is 30.3 Å². The molecule has 1 amide bonds. The summed E-state index contributed by atoms with van der Waals surface area (Å²) in [4.78, 5) is 26.3. The van der Waals surface area contributed by atoms with Gasteiger partial charge in [0, 0.05) is 4.88 Å². The number of anilines is 1. The summed E-state index contributed by atoms with van der Waals surface area (Å²) < 4.78 is 48.2. The van der Waals surface area contributed by atoms with Crippen LogP contribution in [0.15, 0.2) is 24.3 Å². The summed E-state index contributed by atoms with van der Waals surface area (Å²) in [5, 5.41) is 13.4. The van der Waals surface area contributed by atoms with Crippen molar-refractivity contribution in [1.29, 1.82) is 5.26 Å². The molecule has 0 bridgehead atoms. The van der Waals surface area contributed by atoms with Crippen molar-refractivity contribution in [2.24, 2.45) is 0 Å². The third-order valence-electron chi connectivity index (χ3n) is 5.26. The summed E-state index contributed by atoms with van der Waals surface area (Å²) in [5.41, 5.74) is -3.16. The predicted molar refractivity (Wildman–Crippen MR) is 118 cm³/mol. The van der Waals surface area contributed by atoms with E-state index in [4.69, 9.17) is 16.3 Å². The molecule has 1 aliphatic carbocycles. The summed E-state index contributed by atoms with van der Waals surface area (Å²) >= 11 is 6.96. The van der Waals surface area contributed by atoms with Gasteiger partial charge in [-0.15, -0.1) is 11.3 Å². The number of hydrogen-bond donors (Lipinski definition) is 2. The minimum Gasteiger partial charge on any atom is -0.463 e. The normalized spacial score (nSPS) is 15.4. The lowest BCUT2D eigenvalue weighted by Gasteiger charge is -2.35. The number of nitrogens with one attached hydrogen (secondary N) is 2. The van der Waals surface area contributed by atoms with Gasteiger partial charge in [0.2, 0.25) is 0 Å². The SMILES string of the molecule is CCOC(=O)[C@](NC(=O)c1ccccc1Cl)(Nc1sc2c(c1C#N)CCCCC2)C(F)(F)F. The van der Waals surface area contributed by atoms with Gasteiger partial charge in [-0.3, -0.25) is 4.79 Å². The zero-order valence-electron chi connectivity index (χ0n) is 17.6. The van der Waals surface area contributed by atoms with E-state index in [-0.39, 0.29) is 27.8 Å². The van der Waals surface area contributed by atoms with Crippen molar-refractivity contribution in [2.45, 2.75) is 50.9 Å². The standard InChI is InChI=1S/C22H21ClF3N3O3S/c1-2-32-20(31)21(22(24,25)26,28-18(30)14-9-6-7-10-16(14)23)29-19-15(12-27)13-8-4-3-5-11-17(13)33-19/h6-7,9-10,29H,2-5,8,11H2,1H3,(H,28,30)/t21-/m0/s1. The van der Waals surface area contributed by atoms with Crippen molar-refractivity contribution in [2.75, 3.05) is 11.9 Å². The van der Waals surface area contributed by atoms with Crippen molar-refractivity contribution in [1.82, 2.24) is 5.32 Å². The summed E-state index contributed by atoms with van der Waals surface area (Å²) in [5.74, 6) is -2.97. The van der Waals surface area contributed by atoms with Crippen molar-refractivity contribution in [3.05, 3.63) is 50.9 Å². The second-order valence-electron chi connectivity index (χ2n) is 7.41. The van der Waals surface area contributed by atoms with E-state index in [0.717, 1.165) is 35.5 Å². The number of benzene rings is 1. The van der Waals surface area contributed by atoms with E-state index in [1.54, 1.807) is 5.32 Å². The molecule has 2 aromatic rings. The Balaban J connectivity index is 2.11. The number of aryl methyl sites for hydroxylation is 1. The van der Waals surface area contributed by atoms with Gasteiger partial charge in [0.15, 0.2) is 0 Å². The molecular formula is C22H21ClF3N3O3S. The summed E-state index contributed by atoms with van der Waals surface area (Å²) in [6, 6.07) is 7.48. The number of nitrogens with zero attached hydrogens (tertiary/aromatic N) is 1. The van der Waals surface area contributed by atoms with Crippen LogP contribution >= 0.6 is 22.9 Å². The summed E-state index contributed by atoms with van der Waals surface area (Å²) in [6.45, 7) is 0.995. The highest BCUT2D eigenvalue weighted by Gasteiger charge is 2.64. The molecule has 0 aliphatic heterocycles. The van der Waals surface area contributed by atoms with E-state index in [9.17, 15) is 28.0 Å². The molecule has 1 aromatic heterocycles. The molecule has 0 saturated heterocycles. The van der Waals surface area contributed by atoms with Crippen LogP contribution in [0.1, 0.15) is 52.5 Å². The molecule has 6 nitrogen and oxygen atoms in total. The van der Waals surface area contributed by atoms with Gasteiger partial charge in [-0.05, 0) is 50.3 Å². The van der Waals surface area contributed by atoms with E-state index in [1.807, 2.05) is 6.07 Å².